The third-order valence-electron chi connectivity index (χ3n) is 3.66. The highest BCUT2D eigenvalue weighted by atomic mass is 16.5. The Labute approximate surface area is 84.2 Å². The van der Waals surface area contributed by atoms with Gasteiger partial charge in [-0.25, -0.2) is 0 Å². The van der Waals surface area contributed by atoms with Crippen molar-refractivity contribution in [3.05, 3.63) is 0 Å². The molecule has 14 heavy (non-hydrogen) atoms. The van der Waals surface area contributed by atoms with E-state index in [0.29, 0.717) is 6.54 Å². The molecular weight excluding hydrogens is 180 g/mol. The molecule has 0 radical (unpaired) electrons. The summed E-state index contributed by atoms with van der Waals surface area (Å²) in [6.07, 6.45) is 2.36. The smallest absolute Gasteiger partial charge is 0.222 e. The summed E-state index contributed by atoms with van der Waals surface area (Å²) in [5, 5.41) is 3.24. The molecule has 2 aliphatic heterocycles. The molecule has 80 valence electrons. The lowest BCUT2D eigenvalue weighted by Crippen LogP contribution is -2.44. The van der Waals surface area contributed by atoms with E-state index in [1.54, 1.807) is 0 Å². The molecule has 2 rings (SSSR count). The minimum Gasteiger partial charge on any atom is -0.378 e. The van der Waals surface area contributed by atoms with Gasteiger partial charge >= 0.3 is 0 Å². The Balaban J connectivity index is 2.15. The van der Waals surface area contributed by atoms with E-state index in [0.717, 1.165) is 26.0 Å². The van der Waals surface area contributed by atoms with Crippen LogP contribution in [0.1, 0.15) is 19.8 Å². The molecule has 2 aliphatic rings. The topological polar surface area (TPSA) is 64.3 Å². The van der Waals surface area contributed by atoms with Crippen LogP contribution in [-0.2, 0) is 9.53 Å². The van der Waals surface area contributed by atoms with Crippen LogP contribution in [0.5, 0.6) is 0 Å². The van der Waals surface area contributed by atoms with Crippen LogP contribution in [0.3, 0.4) is 0 Å². The van der Waals surface area contributed by atoms with Gasteiger partial charge in [0.05, 0.1) is 12.0 Å². The quantitative estimate of drug-likeness (QED) is 0.650. The van der Waals surface area contributed by atoms with Crippen LogP contribution in [-0.4, -0.2) is 31.7 Å². The van der Waals surface area contributed by atoms with Crippen LogP contribution in [0, 0.1) is 11.3 Å². The Morgan fingerprint density at radius 2 is 2.43 bits per heavy atom. The number of nitrogens with two attached hydrogens (primary N) is 1. The number of carbonyl (C=O) groups is 1. The molecule has 4 nitrogen and oxygen atoms in total. The van der Waals surface area contributed by atoms with Gasteiger partial charge in [0.2, 0.25) is 5.91 Å². The van der Waals surface area contributed by atoms with E-state index in [1.165, 1.54) is 0 Å². The molecule has 0 aromatic carbocycles. The zero-order chi connectivity index (χ0) is 10.2. The van der Waals surface area contributed by atoms with E-state index in [1.807, 2.05) is 0 Å². The summed E-state index contributed by atoms with van der Waals surface area (Å²) in [5.74, 6) is -0.279. The highest BCUT2D eigenvalue weighted by Crippen LogP contribution is 2.40. The molecule has 1 amide bonds. The fourth-order valence-electron chi connectivity index (χ4n) is 2.70. The van der Waals surface area contributed by atoms with Gasteiger partial charge in [0.15, 0.2) is 0 Å². The van der Waals surface area contributed by atoms with Gasteiger partial charge in [0, 0.05) is 25.1 Å². The number of nitrogens with one attached hydrogen (secondary N) is 1. The SMILES string of the molecule is CC1(C2CCCO2)CNCC1C(N)=O. The standard InChI is InChI=1S/C10H18N2O2/c1-10(8-3-2-4-14-8)6-12-5-7(10)9(11)13/h7-8,12H,2-6H2,1H3,(H2,11,13). The molecule has 0 aliphatic carbocycles. The molecule has 3 unspecified atom stereocenters. The van der Waals surface area contributed by atoms with Gasteiger partial charge in [0.25, 0.3) is 0 Å². The maximum atomic E-state index is 11.3. The first-order valence-corrected chi connectivity index (χ1v) is 5.26. The average molecular weight is 198 g/mol. The first kappa shape index (κ1) is 9.93. The number of rotatable bonds is 2. The van der Waals surface area contributed by atoms with E-state index in [2.05, 4.69) is 12.2 Å². The highest BCUT2D eigenvalue weighted by molar-refractivity contribution is 5.78. The summed E-state index contributed by atoms with van der Waals surface area (Å²) in [6, 6.07) is 0. The fourth-order valence-corrected chi connectivity index (χ4v) is 2.70. The predicted molar refractivity (Wildman–Crippen MR) is 52.6 cm³/mol. The number of amides is 1. The number of hydrogen-bond donors (Lipinski definition) is 2. The van der Waals surface area contributed by atoms with E-state index in [-0.39, 0.29) is 23.3 Å². The van der Waals surface area contributed by atoms with Crippen molar-refractivity contribution in [2.75, 3.05) is 19.7 Å². The van der Waals surface area contributed by atoms with Crippen LogP contribution in [0.4, 0.5) is 0 Å². The van der Waals surface area contributed by atoms with Gasteiger partial charge in [0.1, 0.15) is 0 Å². The lowest BCUT2D eigenvalue weighted by atomic mass is 9.74. The van der Waals surface area contributed by atoms with Gasteiger partial charge < -0.3 is 15.8 Å². The van der Waals surface area contributed by atoms with Crippen LogP contribution >= 0.6 is 0 Å². The lowest BCUT2D eigenvalue weighted by molar-refractivity contribution is -0.127. The van der Waals surface area contributed by atoms with Crippen molar-refractivity contribution in [1.82, 2.24) is 5.32 Å². The van der Waals surface area contributed by atoms with Crippen molar-refractivity contribution in [3.63, 3.8) is 0 Å². The minimum absolute atomic E-state index is 0.0781. The van der Waals surface area contributed by atoms with Crippen LogP contribution < -0.4 is 11.1 Å². The molecule has 0 aromatic heterocycles. The molecule has 2 saturated heterocycles. The van der Waals surface area contributed by atoms with E-state index < -0.39 is 0 Å². The number of hydrogen-bond acceptors (Lipinski definition) is 3. The first-order valence-electron chi connectivity index (χ1n) is 5.26. The van der Waals surface area contributed by atoms with Gasteiger partial charge in [-0.1, -0.05) is 6.92 Å². The molecule has 3 atom stereocenters. The maximum Gasteiger partial charge on any atom is 0.222 e. The second kappa shape index (κ2) is 3.51. The van der Waals surface area contributed by atoms with Gasteiger partial charge in [-0.3, -0.25) is 4.79 Å². The molecule has 0 saturated carbocycles. The Kier molecular flexibility index (Phi) is 2.49. The third kappa shape index (κ3) is 1.42. The van der Waals surface area contributed by atoms with Crippen molar-refractivity contribution in [1.29, 1.82) is 0 Å². The Morgan fingerprint density at radius 1 is 1.64 bits per heavy atom. The van der Waals surface area contributed by atoms with E-state index in [4.69, 9.17) is 10.5 Å². The zero-order valence-corrected chi connectivity index (χ0v) is 8.58. The van der Waals surface area contributed by atoms with Crippen molar-refractivity contribution < 1.29 is 9.53 Å². The van der Waals surface area contributed by atoms with Gasteiger partial charge in [-0.15, -0.1) is 0 Å². The molecule has 2 fully saturated rings. The normalized spacial score (nSPS) is 42.9. The Morgan fingerprint density at radius 3 is 3.00 bits per heavy atom. The first-order chi connectivity index (χ1) is 6.64. The largest absolute Gasteiger partial charge is 0.378 e. The molecule has 0 bridgehead atoms. The summed E-state index contributed by atoms with van der Waals surface area (Å²) in [7, 11) is 0. The fraction of sp³-hybridized carbons (Fsp3) is 0.900. The Bertz CT molecular complexity index is 238. The second-order valence-corrected chi connectivity index (χ2v) is 4.59. The van der Waals surface area contributed by atoms with Crippen molar-refractivity contribution >= 4 is 5.91 Å². The second-order valence-electron chi connectivity index (χ2n) is 4.59. The monoisotopic (exact) mass is 198 g/mol. The highest BCUT2D eigenvalue weighted by Gasteiger charge is 2.49. The van der Waals surface area contributed by atoms with Crippen molar-refractivity contribution in [2.24, 2.45) is 17.1 Å². The summed E-state index contributed by atoms with van der Waals surface area (Å²) >= 11 is 0. The number of primary amides is 1. The van der Waals surface area contributed by atoms with Crippen LogP contribution in [0.2, 0.25) is 0 Å². The van der Waals surface area contributed by atoms with Crippen molar-refractivity contribution in [2.45, 2.75) is 25.9 Å². The zero-order valence-electron chi connectivity index (χ0n) is 8.58. The molecule has 0 aromatic rings. The van der Waals surface area contributed by atoms with Crippen molar-refractivity contribution in [3.8, 4) is 0 Å². The number of ether oxygens (including phenoxy) is 1. The van der Waals surface area contributed by atoms with Gasteiger partial charge in [-0.2, -0.15) is 0 Å². The molecule has 3 N–H and O–H groups in total. The summed E-state index contributed by atoms with van der Waals surface area (Å²) in [5.41, 5.74) is 5.31. The Hall–Kier alpha value is -0.610. The predicted octanol–water partition coefficient (Wildman–Crippen LogP) is -0.124. The third-order valence-corrected chi connectivity index (χ3v) is 3.66. The van der Waals surface area contributed by atoms with E-state index >= 15 is 0 Å². The minimum atomic E-state index is -0.201. The summed E-state index contributed by atoms with van der Waals surface area (Å²) in [6.45, 7) is 4.47. The molecule has 2 heterocycles. The van der Waals surface area contributed by atoms with Crippen LogP contribution in [0.25, 0.3) is 0 Å². The molecule has 0 spiro atoms. The average Bonchev–Trinajstić information content (AvgIpc) is 2.71. The summed E-state index contributed by atoms with van der Waals surface area (Å²) in [4.78, 5) is 11.3. The maximum absolute atomic E-state index is 11.3. The van der Waals surface area contributed by atoms with Crippen LogP contribution in [0.15, 0.2) is 0 Å². The molecule has 4 heteroatoms. The summed E-state index contributed by atoms with van der Waals surface area (Å²) < 4.78 is 5.67. The van der Waals surface area contributed by atoms with E-state index in [9.17, 15) is 4.79 Å². The number of carbonyl (C=O) groups excluding carboxylic acids is 1. The van der Waals surface area contributed by atoms with Gasteiger partial charge in [-0.05, 0) is 12.8 Å². The molecular formula is C10H18N2O2. The lowest BCUT2D eigenvalue weighted by Gasteiger charge is -2.34.